The molecule has 0 saturated carbocycles. The molecule has 192 valence electrons. The van der Waals surface area contributed by atoms with Crippen molar-refractivity contribution in [2.24, 2.45) is 5.10 Å². The number of fused-ring (bicyclic) bond motifs is 1. The molecule has 0 aliphatic carbocycles. The Morgan fingerprint density at radius 1 is 1.13 bits per heavy atom. The van der Waals surface area contributed by atoms with E-state index in [1.165, 1.54) is 0 Å². The number of aryl methyl sites for hydroxylation is 1. The van der Waals surface area contributed by atoms with Crippen molar-refractivity contribution >= 4 is 40.2 Å². The predicted molar refractivity (Wildman–Crippen MR) is 142 cm³/mol. The number of alkyl halides is 1. The number of halogens is 2. The summed E-state index contributed by atoms with van der Waals surface area (Å²) in [5.74, 6) is -2.52. The van der Waals surface area contributed by atoms with Gasteiger partial charge in [-0.05, 0) is 42.3 Å². The number of aliphatic carboxylic acids is 1. The number of aromatic amines is 1. The minimum absolute atomic E-state index is 0.115. The maximum Gasteiger partial charge on any atom is 0.306 e. The van der Waals surface area contributed by atoms with Gasteiger partial charge in [0, 0.05) is 28.6 Å². The van der Waals surface area contributed by atoms with Crippen LogP contribution in [0.2, 0.25) is 5.02 Å². The number of H-pyrrole nitrogens is 1. The first-order valence-corrected chi connectivity index (χ1v) is 12.2. The molecule has 2 unspecified atom stereocenters. The van der Waals surface area contributed by atoms with Crippen LogP contribution in [0.3, 0.4) is 0 Å². The zero-order valence-electron chi connectivity index (χ0n) is 20.2. The number of carbonyl (C=O) groups is 2. The highest BCUT2D eigenvalue weighted by Gasteiger charge is 2.38. The summed E-state index contributed by atoms with van der Waals surface area (Å²) in [5, 5.41) is 15.6. The van der Waals surface area contributed by atoms with E-state index in [-0.39, 0.29) is 17.7 Å². The number of rotatable bonds is 6. The summed E-state index contributed by atoms with van der Waals surface area (Å²) in [6, 6.07) is 17.1. The van der Waals surface area contributed by atoms with E-state index in [0.717, 1.165) is 10.6 Å². The molecule has 0 radical (unpaired) electrons. The van der Waals surface area contributed by atoms with Crippen LogP contribution < -0.4 is 5.56 Å². The van der Waals surface area contributed by atoms with Crippen LogP contribution in [0.1, 0.15) is 35.6 Å². The number of hydrogen-bond donors (Lipinski definition) is 2. The molecule has 38 heavy (non-hydrogen) atoms. The number of carboxylic acid groups (broad SMARTS) is 1. The topological polar surface area (TPSA) is 116 Å². The largest absolute Gasteiger partial charge is 0.481 e. The van der Waals surface area contributed by atoms with E-state index < -0.39 is 36.1 Å². The minimum atomic E-state index is -2.29. The molecule has 2 atom stereocenters. The third-order valence-corrected chi connectivity index (χ3v) is 6.68. The van der Waals surface area contributed by atoms with Crippen molar-refractivity contribution in [3.63, 3.8) is 0 Å². The number of pyridine rings is 2. The average Bonchev–Trinajstić information content (AvgIpc) is 3.33. The van der Waals surface area contributed by atoms with Crippen molar-refractivity contribution in [3.8, 4) is 11.1 Å². The lowest BCUT2D eigenvalue weighted by atomic mass is 9.91. The average molecular weight is 533 g/mol. The van der Waals surface area contributed by atoms with Crippen molar-refractivity contribution in [1.29, 1.82) is 0 Å². The maximum atomic E-state index is 14.7. The summed E-state index contributed by atoms with van der Waals surface area (Å²) in [6.45, 7) is 1.91. The number of nitrogens with one attached hydrogen (secondary N) is 1. The van der Waals surface area contributed by atoms with E-state index >= 15 is 0 Å². The highest BCUT2D eigenvalue weighted by molar-refractivity contribution is 6.30. The number of carbonyl (C=O) groups excluding carboxylic acids is 1. The van der Waals surface area contributed by atoms with Gasteiger partial charge in [-0.25, -0.2) is 14.4 Å². The van der Waals surface area contributed by atoms with Crippen LogP contribution in [0.25, 0.3) is 22.2 Å². The van der Waals surface area contributed by atoms with E-state index in [1.807, 2.05) is 25.1 Å². The first kappa shape index (κ1) is 25.3. The van der Waals surface area contributed by atoms with Gasteiger partial charge in [0.1, 0.15) is 5.65 Å². The molecule has 1 aliphatic rings. The summed E-state index contributed by atoms with van der Waals surface area (Å²) in [6.07, 6.45) is -1.60. The molecule has 5 rings (SSSR count). The number of hydrogen-bond acceptors (Lipinski definition) is 5. The van der Waals surface area contributed by atoms with Gasteiger partial charge in [-0.1, -0.05) is 53.6 Å². The van der Waals surface area contributed by atoms with E-state index in [2.05, 4.69) is 15.1 Å². The van der Waals surface area contributed by atoms with Crippen LogP contribution in [0.4, 0.5) is 4.39 Å². The maximum absolute atomic E-state index is 14.7. The third kappa shape index (κ3) is 4.80. The zero-order chi connectivity index (χ0) is 27.0. The highest BCUT2D eigenvalue weighted by atomic mass is 35.5. The molecule has 1 aliphatic heterocycles. The van der Waals surface area contributed by atoms with Crippen LogP contribution in [0.5, 0.6) is 0 Å². The fourth-order valence-corrected chi connectivity index (χ4v) is 4.74. The minimum Gasteiger partial charge on any atom is -0.481 e. The Kier molecular flexibility index (Phi) is 6.77. The molecule has 0 saturated heterocycles. The lowest BCUT2D eigenvalue weighted by Gasteiger charge is -2.23. The number of hydrazone groups is 1. The Morgan fingerprint density at radius 2 is 1.84 bits per heavy atom. The molecule has 0 bridgehead atoms. The fourth-order valence-electron chi connectivity index (χ4n) is 4.61. The van der Waals surface area contributed by atoms with Gasteiger partial charge in [0.05, 0.1) is 23.7 Å². The predicted octanol–water partition coefficient (Wildman–Crippen LogP) is 5.04. The summed E-state index contributed by atoms with van der Waals surface area (Å²) in [5.41, 5.74) is 3.28. The van der Waals surface area contributed by atoms with Gasteiger partial charge in [-0.2, -0.15) is 5.10 Å². The molecule has 4 aromatic rings. The van der Waals surface area contributed by atoms with Crippen molar-refractivity contribution in [2.45, 2.75) is 32.0 Å². The summed E-state index contributed by atoms with van der Waals surface area (Å²) in [4.78, 5) is 44.7. The normalized spacial score (nSPS) is 15.9. The second kappa shape index (κ2) is 10.2. The molecule has 2 N–H and O–H groups in total. The van der Waals surface area contributed by atoms with Gasteiger partial charge < -0.3 is 10.1 Å². The van der Waals surface area contributed by atoms with Crippen molar-refractivity contribution in [3.05, 3.63) is 98.9 Å². The molecule has 10 heteroatoms. The lowest BCUT2D eigenvalue weighted by molar-refractivity contribution is -0.146. The van der Waals surface area contributed by atoms with Gasteiger partial charge in [-0.3, -0.25) is 14.4 Å². The van der Waals surface area contributed by atoms with E-state index in [4.69, 9.17) is 16.7 Å². The Morgan fingerprint density at radius 3 is 2.53 bits per heavy atom. The van der Waals surface area contributed by atoms with Crippen LogP contribution in [0, 0.1) is 6.92 Å². The molecular formula is C28H22ClFN4O4. The van der Waals surface area contributed by atoms with Gasteiger partial charge >= 0.3 is 5.97 Å². The first-order valence-electron chi connectivity index (χ1n) is 11.8. The van der Waals surface area contributed by atoms with Gasteiger partial charge in [-0.15, -0.1) is 0 Å². The molecule has 0 fully saturated rings. The third-order valence-electron chi connectivity index (χ3n) is 6.43. The summed E-state index contributed by atoms with van der Waals surface area (Å²) in [7, 11) is 0. The second-order valence-electron chi connectivity index (χ2n) is 9.04. The number of aromatic nitrogens is 2. The van der Waals surface area contributed by atoms with Crippen molar-refractivity contribution in [2.75, 3.05) is 0 Å². The van der Waals surface area contributed by atoms with E-state index in [0.29, 0.717) is 32.7 Å². The quantitative estimate of drug-likeness (QED) is 0.361. The molecule has 0 spiro atoms. The highest BCUT2D eigenvalue weighted by Crippen LogP contribution is 2.37. The number of benzene rings is 2. The van der Waals surface area contributed by atoms with Crippen molar-refractivity contribution in [1.82, 2.24) is 15.0 Å². The Labute approximate surface area is 221 Å². The van der Waals surface area contributed by atoms with Gasteiger partial charge in [0.25, 0.3) is 11.5 Å². The van der Waals surface area contributed by atoms with Crippen LogP contribution >= 0.6 is 11.6 Å². The lowest BCUT2D eigenvalue weighted by Crippen LogP contribution is -2.35. The van der Waals surface area contributed by atoms with Crippen molar-refractivity contribution < 1.29 is 19.1 Å². The molecule has 1 amide bonds. The Balaban J connectivity index is 1.70. The number of amides is 1. The van der Waals surface area contributed by atoms with E-state index in [1.54, 1.807) is 48.7 Å². The van der Waals surface area contributed by atoms with E-state index in [9.17, 15) is 18.8 Å². The first-order chi connectivity index (χ1) is 18.2. The summed E-state index contributed by atoms with van der Waals surface area (Å²) < 4.78 is 14.7. The zero-order valence-corrected chi connectivity index (χ0v) is 20.9. The Bertz CT molecular complexity index is 1630. The monoisotopic (exact) mass is 532 g/mol. The molecule has 8 nitrogen and oxygen atoms in total. The molecule has 2 aromatic carbocycles. The molecule has 3 heterocycles. The Hall–Kier alpha value is -4.37. The number of nitrogens with zero attached hydrogens (tertiary/aromatic N) is 3. The van der Waals surface area contributed by atoms with Crippen LogP contribution in [-0.2, 0) is 9.59 Å². The fraction of sp³-hybridized carbons (Fsp3) is 0.179. The number of carboxylic acids is 1. The summed E-state index contributed by atoms with van der Waals surface area (Å²) >= 11 is 6.11. The second-order valence-corrected chi connectivity index (χ2v) is 9.47. The smallest absolute Gasteiger partial charge is 0.306 e. The molecule has 2 aromatic heterocycles. The van der Waals surface area contributed by atoms with Gasteiger partial charge in [0.2, 0.25) is 0 Å². The van der Waals surface area contributed by atoms with Crippen LogP contribution in [0.15, 0.2) is 76.8 Å². The van der Waals surface area contributed by atoms with Gasteiger partial charge in [0.15, 0.2) is 6.17 Å². The standard InChI is InChI=1S/C28H22ClFN4O4/c1-15-4-6-16(7-5-15)22-14-21(33-34(22)28(38)20(30)13-23(35)36)25-24(17-8-10-18(29)11-9-17)19-3-2-12-31-26(19)32-27(25)37/h2-12,20,22H,13-14H2,1H3,(H,35,36)(H,31,32,37). The molecular weight excluding hydrogens is 511 g/mol. The van der Waals surface area contributed by atoms with Crippen LogP contribution in [-0.4, -0.2) is 43.8 Å². The SMILES string of the molecule is Cc1ccc(C2CC(c3c(-c4ccc(Cl)cc4)c4cccnc4[nH]c3=O)=NN2C(=O)C(F)CC(=O)O)cc1.